The summed E-state index contributed by atoms with van der Waals surface area (Å²) in [4.78, 5) is 35.4. The number of hydrogen-bond donors (Lipinski definition) is 5. The molecule has 180 valence electrons. The molecule has 4 aromatic carbocycles. The highest BCUT2D eigenvalue weighted by molar-refractivity contribution is 6.12. The average Bonchev–Trinajstić information content (AvgIpc) is 2.88. The first-order valence-electron chi connectivity index (χ1n) is 10.7. The van der Waals surface area contributed by atoms with Crippen LogP contribution in [0.5, 0.6) is 5.75 Å². The number of anilines is 3. The van der Waals surface area contributed by atoms with Gasteiger partial charge in [-0.2, -0.15) is 0 Å². The minimum Gasteiger partial charge on any atom is -0.505 e. The van der Waals surface area contributed by atoms with Gasteiger partial charge in [-0.3, -0.25) is 9.59 Å². The third-order valence-corrected chi connectivity index (χ3v) is 5.39. The van der Waals surface area contributed by atoms with E-state index in [0.29, 0.717) is 34.2 Å². The van der Waals surface area contributed by atoms with E-state index in [0.717, 1.165) is 0 Å². The van der Waals surface area contributed by atoms with Gasteiger partial charge in [0.05, 0.1) is 22.5 Å². The summed E-state index contributed by atoms with van der Waals surface area (Å²) in [6.45, 7) is 0. The average molecular weight is 483 g/mol. The summed E-state index contributed by atoms with van der Waals surface area (Å²) >= 11 is 0. The van der Waals surface area contributed by atoms with Crippen LogP contribution in [0, 0.1) is 0 Å². The molecule has 10 heteroatoms. The highest BCUT2D eigenvalue weighted by Crippen LogP contribution is 2.40. The van der Waals surface area contributed by atoms with Gasteiger partial charge < -0.3 is 26.2 Å². The van der Waals surface area contributed by atoms with Gasteiger partial charge >= 0.3 is 5.97 Å². The molecule has 36 heavy (non-hydrogen) atoms. The smallest absolute Gasteiger partial charge is 0.337 e. The molecule has 0 aromatic heterocycles. The normalized spacial score (nSPS) is 10.8. The molecule has 4 rings (SSSR count). The topological polar surface area (TPSA) is 152 Å². The minimum absolute atomic E-state index is 0.0277. The van der Waals surface area contributed by atoms with Crippen molar-refractivity contribution < 1.29 is 24.6 Å². The van der Waals surface area contributed by atoms with E-state index in [1.54, 1.807) is 61.6 Å². The number of nitrogens with one attached hydrogen (secondary N) is 3. The van der Waals surface area contributed by atoms with Gasteiger partial charge in [-0.15, -0.1) is 10.2 Å². The highest BCUT2D eigenvalue weighted by atomic mass is 16.4. The molecule has 0 radical (unpaired) electrons. The number of nitrogens with zero attached hydrogens (tertiary/aromatic N) is 2. The maximum Gasteiger partial charge on any atom is 0.337 e. The number of azo groups is 1. The first-order chi connectivity index (χ1) is 17.4. The lowest BCUT2D eigenvalue weighted by molar-refractivity contribution is -0.105. The van der Waals surface area contributed by atoms with Gasteiger partial charge in [0.15, 0.2) is 5.75 Å². The van der Waals surface area contributed by atoms with E-state index in [-0.39, 0.29) is 22.5 Å². The summed E-state index contributed by atoms with van der Waals surface area (Å²) in [6, 6.07) is 19.5. The predicted molar refractivity (Wildman–Crippen MR) is 137 cm³/mol. The number of phenolic OH excluding ortho intramolecular Hbond substituents is 1. The molecule has 0 saturated heterocycles. The fourth-order valence-corrected chi connectivity index (χ4v) is 3.65. The molecule has 4 aromatic rings. The fraction of sp³-hybridized carbons (Fsp3) is 0.0385. The first-order valence-corrected chi connectivity index (χ1v) is 10.7. The Morgan fingerprint density at radius 3 is 2.39 bits per heavy atom. The number of benzene rings is 4. The number of aromatic carboxylic acids is 1. The van der Waals surface area contributed by atoms with Crippen LogP contribution in [0.4, 0.5) is 28.4 Å². The van der Waals surface area contributed by atoms with Gasteiger partial charge in [-0.1, -0.05) is 36.4 Å². The number of phenols is 1. The SMILES string of the molecule is CNc1cc(NC(=O)c2cc3ccccc3c(N=Nc3ccccc3C(=O)O)c2O)ccc1NC=O. The standard InChI is InChI=1S/C26H21N5O5/c1-27-22-13-16(10-11-21(22)28-14-32)29-25(34)19-12-15-6-2-3-7-17(15)23(24(19)33)31-30-20-9-5-4-8-18(20)26(35)36/h2-14,27,33H,1H3,(H,28,32)(H,29,34)(H,35,36). The minimum atomic E-state index is -1.16. The zero-order valence-electron chi connectivity index (χ0n) is 19.0. The number of rotatable bonds is 8. The van der Waals surface area contributed by atoms with Crippen LogP contribution in [0.3, 0.4) is 0 Å². The van der Waals surface area contributed by atoms with E-state index < -0.39 is 17.6 Å². The predicted octanol–water partition coefficient (Wildman–Crippen LogP) is 5.52. The number of carbonyl (C=O) groups excluding carboxylic acids is 2. The van der Waals surface area contributed by atoms with Crippen molar-refractivity contribution in [3.8, 4) is 5.75 Å². The number of amides is 2. The third-order valence-electron chi connectivity index (χ3n) is 5.39. The monoisotopic (exact) mass is 483 g/mol. The number of carboxylic acids is 1. The first kappa shape index (κ1) is 23.9. The maximum atomic E-state index is 13.1. The Morgan fingerprint density at radius 1 is 0.889 bits per heavy atom. The summed E-state index contributed by atoms with van der Waals surface area (Å²) < 4.78 is 0. The van der Waals surface area contributed by atoms with E-state index in [1.807, 2.05) is 0 Å². The van der Waals surface area contributed by atoms with Gasteiger partial charge in [0.2, 0.25) is 6.41 Å². The van der Waals surface area contributed by atoms with Gasteiger partial charge in [-0.25, -0.2) is 4.79 Å². The summed E-state index contributed by atoms with van der Waals surface area (Å²) in [5.74, 6) is -2.17. The van der Waals surface area contributed by atoms with Crippen molar-refractivity contribution in [2.45, 2.75) is 0 Å². The highest BCUT2D eigenvalue weighted by Gasteiger charge is 2.19. The number of hydrogen-bond acceptors (Lipinski definition) is 7. The van der Waals surface area contributed by atoms with Crippen molar-refractivity contribution in [2.24, 2.45) is 10.2 Å². The lowest BCUT2D eigenvalue weighted by Gasteiger charge is -2.13. The van der Waals surface area contributed by atoms with Gasteiger partial charge in [-0.05, 0) is 41.8 Å². The Balaban J connectivity index is 1.75. The third kappa shape index (κ3) is 4.82. The van der Waals surface area contributed by atoms with E-state index in [1.165, 1.54) is 18.2 Å². The number of aromatic hydroxyl groups is 1. The number of carboxylic acid groups (broad SMARTS) is 1. The van der Waals surface area contributed by atoms with Crippen molar-refractivity contribution in [1.29, 1.82) is 0 Å². The van der Waals surface area contributed by atoms with Crippen LogP contribution in [0.1, 0.15) is 20.7 Å². The molecule has 0 atom stereocenters. The molecular weight excluding hydrogens is 462 g/mol. The van der Waals surface area contributed by atoms with Crippen LogP contribution in [-0.2, 0) is 4.79 Å². The molecule has 2 amide bonds. The molecular formula is C26H21N5O5. The molecule has 0 bridgehead atoms. The summed E-state index contributed by atoms with van der Waals surface area (Å²) in [6.07, 6.45) is 0.548. The zero-order valence-corrected chi connectivity index (χ0v) is 19.0. The maximum absolute atomic E-state index is 13.1. The van der Waals surface area contributed by atoms with Gasteiger partial charge in [0.25, 0.3) is 5.91 Å². The van der Waals surface area contributed by atoms with Crippen molar-refractivity contribution in [3.05, 3.63) is 83.9 Å². The van der Waals surface area contributed by atoms with Crippen LogP contribution in [0.2, 0.25) is 0 Å². The zero-order chi connectivity index (χ0) is 25.7. The molecule has 0 heterocycles. The second kappa shape index (κ2) is 10.3. The Morgan fingerprint density at radius 2 is 1.64 bits per heavy atom. The van der Waals surface area contributed by atoms with Crippen molar-refractivity contribution in [2.75, 3.05) is 23.0 Å². The molecule has 5 N–H and O–H groups in total. The second-order valence-corrected chi connectivity index (χ2v) is 7.59. The Hall–Kier alpha value is -5.25. The van der Waals surface area contributed by atoms with Gasteiger partial charge in [0, 0.05) is 18.1 Å². The Bertz CT molecular complexity index is 1520. The van der Waals surface area contributed by atoms with Crippen LogP contribution >= 0.6 is 0 Å². The van der Waals surface area contributed by atoms with E-state index in [4.69, 9.17) is 0 Å². The second-order valence-electron chi connectivity index (χ2n) is 7.59. The lowest BCUT2D eigenvalue weighted by atomic mass is 10.0. The van der Waals surface area contributed by atoms with Crippen LogP contribution < -0.4 is 16.0 Å². The molecule has 0 aliphatic carbocycles. The molecule has 10 nitrogen and oxygen atoms in total. The summed E-state index contributed by atoms with van der Waals surface area (Å²) in [5, 5.41) is 38.0. The summed E-state index contributed by atoms with van der Waals surface area (Å²) in [5.41, 5.74) is 1.57. The van der Waals surface area contributed by atoms with E-state index >= 15 is 0 Å². The quantitative estimate of drug-likeness (QED) is 0.164. The molecule has 0 saturated carbocycles. The molecule has 0 aliphatic rings. The van der Waals surface area contributed by atoms with Crippen molar-refractivity contribution in [1.82, 2.24) is 0 Å². The van der Waals surface area contributed by atoms with Crippen LogP contribution in [0.25, 0.3) is 10.8 Å². The Kier molecular flexibility index (Phi) is 6.87. The largest absolute Gasteiger partial charge is 0.505 e. The fourth-order valence-electron chi connectivity index (χ4n) is 3.65. The van der Waals surface area contributed by atoms with Crippen LogP contribution in [-0.4, -0.2) is 35.5 Å². The van der Waals surface area contributed by atoms with E-state index in [2.05, 4.69) is 26.2 Å². The lowest BCUT2D eigenvalue weighted by Crippen LogP contribution is -2.12. The Labute approximate surface area is 205 Å². The number of carbonyl (C=O) groups is 3. The molecule has 0 unspecified atom stereocenters. The van der Waals surface area contributed by atoms with Crippen molar-refractivity contribution in [3.63, 3.8) is 0 Å². The summed E-state index contributed by atoms with van der Waals surface area (Å²) in [7, 11) is 1.67. The van der Waals surface area contributed by atoms with E-state index in [9.17, 15) is 24.6 Å². The number of fused-ring (bicyclic) bond motifs is 1. The molecule has 0 aliphatic heterocycles. The van der Waals surface area contributed by atoms with Crippen molar-refractivity contribution >= 4 is 57.5 Å². The molecule has 0 fully saturated rings. The van der Waals surface area contributed by atoms with Crippen LogP contribution in [0.15, 0.2) is 83.0 Å². The molecule has 0 spiro atoms. The van der Waals surface area contributed by atoms with Gasteiger partial charge in [0.1, 0.15) is 11.4 Å².